The minimum atomic E-state index is -0.487. The molecule has 11 heteroatoms. The van der Waals surface area contributed by atoms with E-state index in [1.165, 1.54) is 5.56 Å². The van der Waals surface area contributed by atoms with Crippen molar-refractivity contribution < 1.29 is 19.1 Å². The van der Waals surface area contributed by atoms with Gasteiger partial charge in [0, 0.05) is 72.2 Å². The number of nitrogens with one attached hydrogen (secondary N) is 3. The first-order chi connectivity index (χ1) is 27.6. The third-order valence-corrected chi connectivity index (χ3v) is 10.9. The largest absolute Gasteiger partial charge is 0.381 e. The zero-order chi connectivity index (χ0) is 39.6. The molecule has 2 saturated heterocycles. The molecule has 0 aliphatic carbocycles. The summed E-state index contributed by atoms with van der Waals surface area (Å²) in [6.45, 7) is 5.56. The van der Waals surface area contributed by atoms with Crippen molar-refractivity contribution in [2.75, 3.05) is 25.1 Å². The standard InChI is InChI=1S/C46H42N6O5/c1-27-9-10-31-23-40(49-26-37(31)43(27)36-22-33(30-15-18-57-19-16-30)24-41-35(36)20-28(2)46(56)52(41)3)32-11-12-38(48-25-32)44(54)47-17-5-7-29-6-4-8-34(21-29)50-39-13-14-42(53)51-45(39)55/h4,6,8-12,20-26,30,39,50H,13-19H2,1-3H3,(H,47,54)(H,51,53,55). The molecule has 0 radical (unpaired) electrons. The molecule has 0 bridgehead atoms. The van der Waals surface area contributed by atoms with Gasteiger partial charge in [0.25, 0.3) is 11.5 Å². The summed E-state index contributed by atoms with van der Waals surface area (Å²) in [6.07, 6.45) is 6.16. The maximum atomic E-state index is 13.1. The molecule has 3 aromatic heterocycles. The highest BCUT2D eigenvalue weighted by atomic mass is 16.5. The van der Waals surface area contributed by atoms with Crippen molar-refractivity contribution >= 4 is 45.1 Å². The van der Waals surface area contributed by atoms with Gasteiger partial charge in [-0.25, -0.2) is 0 Å². The van der Waals surface area contributed by atoms with E-state index in [1.54, 1.807) is 16.8 Å². The number of aryl methyl sites for hydroxylation is 3. The van der Waals surface area contributed by atoms with Gasteiger partial charge in [0.05, 0.1) is 17.8 Å². The number of aromatic nitrogens is 3. The fourth-order valence-corrected chi connectivity index (χ4v) is 7.82. The molecule has 3 aromatic carbocycles. The van der Waals surface area contributed by atoms with Crippen LogP contribution in [0.2, 0.25) is 0 Å². The molecule has 1 atom stereocenters. The molecule has 2 aliphatic heterocycles. The molecule has 6 aromatic rings. The van der Waals surface area contributed by atoms with Gasteiger partial charge < -0.3 is 19.9 Å². The summed E-state index contributed by atoms with van der Waals surface area (Å²) in [7, 11) is 1.85. The number of imide groups is 1. The molecular formula is C46H42N6O5. The first-order valence-corrected chi connectivity index (χ1v) is 19.2. The number of benzene rings is 3. The lowest BCUT2D eigenvalue weighted by Gasteiger charge is -2.25. The second kappa shape index (κ2) is 15.8. The Balaban J connectivity index is 0.997. The van der Waals surface area contributed by atoms with Crippen molar-refractivity contribution in [3.05, 3.63) is 123 Å². The van der Waals surface area contributed by atoms with Gasteiger partial charge >= 0.3 is 0 Å². The van der Waals surface area contributed by atoms with Crippen molar-refractivity contribution in [2.24, 2.45) is 7.05 Å². The zero-order valence-corrected chi connectivity index (χ0v) is 32.1. The first kappa shape index (κ1) is 37.3. The summed E-state index contributed by atoms with van der Waals surface area (Å²) in [5.41, 5.74) is 9.33. The van der Waals surface area contributed by atoms with Crippen LogP contribution in [-0.4, -0.2) is 58.1 Å². The van der Waals surface area contributed by atoms with Crippen LogP contribution in [0.15, 0.2) is 90.0 Å². The minimum Gasteiger partial charge on any atom is -0.381 e. The number of fused-ring (bicyclic) bond motifs is 2. The molecule has 5 heterocycles. The van der Waals surface area contributed by atoms with Crippen LogP contribution in [0.25, 0.3) is 44.1 Å². The van der Waals surface area contributed by atoms with E-state index in [-0.39, 0.29) is 35.5 Å². The molecule has 3 N–H and O–H groups in total. The number of piperidine rings is 1. The SMILES string of the molecule is Cc1ccc2cc(-c3ccc(C(=O)NCC#Cc4cccc(NC5CCC(=O)NC5=O)c4)nc3)ncc2c1-c1cc(C2CCOCC2)cc2c1cc(C)c(=O)n2C. The van der Waals surface area contributed by atoms with Gasteiger partial charge in [-0.2, -0.15) is 0 Å². The van der Waals surface area contributed by atoms with Crippen LogP contribution in [0.3, 0.4) is 0 Å². The number of carbonyl (C=O) groups is 3. The number of hydrogen-bond donors (Lipinski definition) is 3. The van der Waals surface area contributed by atoms with Gasteiger partial charge in [0.15, 0.2) is 0 Å². The molecule has 2 aliphatic rings. The smallest absolute Gasteiger partial charge is 0.270 e. The number of amides is 3. The maximum absolute atomic E-state index is 13.1. The van der Waals surface area contributed by atoms with E-state index in [2.05, 4.69) is 64.0 Å². The number of anilines is 1. The lowest BCUT2D eigenvalue weighted by atomic mass is 9.85. The van der Waals surface area contributed by atoms with Crippen LogP contribution in [0.4, 0.5) is 5.69 Å². The predicted molar refractivity (Wildman–Crippen MR) is 221 cm³/mol. The Hall–Kier alpha value is -6.64. The van der Waals surface area contributed by atoms with Gasteiger partial charge in [-0.1, -0.05) is 36.1 Å². The summed E-state index contributed by atoms with van der Waals surface area (Å²) in [4.78, 5) is 58.9. The summed E-state index contributed by atoms with van der Waals surface area (Å²) >= 11 is 0. The number of hydrogen-bond acceptors (Lipinski definition) is 8. The van der Waals surface area contributed by atoms with E-state index in [0.29, 0.717) is 29.9 Å². The summed E-state index contributed by atoms with van der Waals surface area (Å²) in [6, 6.07) is 23.1. The van der Waals surface area contributed by atoms with Gasteiger partial charge in [-0.3, -0.25) is 34.5 Å². The molecule has 8 rings (SSSR count). The molecule has 0 saturated carbocycles. The van der Waals surface area contributed by atoms with Gasteiger partial charge in [-0.05, 0) is 115 Å². The fraction of sp³-hybridized carbons (Fsp3) is 0.261. The number of carbonyl (C=O) groups excluding carboxylic acids is 3. The topological polar surface area (TPSA) is 144 Å². The van der Waals surface area contributed by atoms with Gasteiger partial charge in [-0.15, -0.1) is 0 Å². The first-order valence-electron chi connectivity index (χ1n) is 19.2. The van der Waals surface area contributed by atoms with Crippen LogP contribution in [0.5, 0.6) is 0 Å². The van der Waals surface area contributed by atoms with Gasteiger partial charge in [0.1, 0.15) is 11.7 Å². The molecule has 0 spiro atoms. The Morgan fingerprint density at radius 2 is 1.75 bits per heavy atom. The highest BCUT2D eigenvalue weighted by Gasteiger charge is 2.26. The van der Waals surface area contributed by atoms with Crippen molar-refractivity contribution in [2.45, 2.75) is 51.5 Å². The molecule has 286 valence electrons. The Morgan fingerprint density at radius 1 is 0.912 bits per heavy atom. The zero-order valence-electron chi connectivity index (χ0n) is 32.1. The fourth-order valence-electron chi connectivity index (χ4n) is 7.82. The van der Waals surface area contributed by atoms with Crippen LogP contribution < -0.4 is 21.5 Å². The van der Waals surface area contributed by atoms with Crippen LogP contribution in [0.1, 0.15) is 64.3 Å². The molecule has 11 nitrogen and oxygen atoms in total. The molecule has 2 fully saturated rings. The lowest BCUT2D eigenvalue weighted by Crippen LogP contribution is -2.47. The highest BCUT2D eigenvalue weighted by molar-refractivity contribution is 6.07. The maximum Gasteiger partial charge on any atom is 0.270 e. The Bertz CT molecular complexity index is 2700. The number of pyridine rings is 3. The van der Waals surface area contributed by atoms with Crippen LogP contribution >= 0.6 is 0 Å². The molecular weight excluding hydrogens is 717 g/mol. The monoisotopic (exact) mass is 758 g/mol. The molecule has 3 amide bonds. The van der Waals surface area contributed by atoms with Gasteiger partial charge in [0.2, 0.25) is 11.8 Å². The second-order valence-corrected chi connectivity index (χ2v) is 14.8. The third kappa shape index (κ3) is 7.77. The van der Waals surface area contributed by atoms with Crippen molar-refractivity contribution in [3.8, 4) is 34.2 Å². The minimum absolute atomic E-state index is 0.00499. The Morgan fingerprint density at radius 3 is 2.54 bits per heavy atom. The van der Waals surface area contributed by atoms with E-state index in [4.69, 9.17) is 9.72 Å². The summed E-state index contributed by atoms with van der Waals surface area (Å²) in [5, 5.41) is 11.4. The Labute approximate surface area is 329 Å². The lowest BCUT2D eigenvalue weighted by molar-refractivity contribution is -0.133. The quantitative estimate of drug-likeness (QED) is 0.127. The van der Waals surface area contributed by atoms with Crippen LogP contribution in [-0.2, 0) is 21.4 Å². The Kier molecular flexibility index (Phi) is 10.4. The predicted octanol–water partition coefficient (Wildman–Crippen LogP) is 6.33. The highest BCUT2D eigenvalue weighted by Crippen LogP contribution is 2.40. The van der Waals surface area contributed by atoms with E-state index >= 15 is 0 Å². The molecule has 57 heavy (non-hydrogen) atoms. The van der Waals surface area contributed by atoms with E-state index in [1.807, 2.05) is 62.6 Å². The van der Waals surface area contributed by atoms with Crippen molar-refractivity contribution in [1.82, 2.24) is 25.2 Å². The summed E-state index contributed by atoms with van der Waals surface area (Å²) in [5.74, 6) is 5.41. The number of nitrogens with zero attached hydrogens (tertiary/aromatic N) is 3. The van der Waals surface area contributed by atoms with E-state index < -0.39 is 6.04 Å². The third-order valence-electron chi connectivity index (χ3n) is 10.9. The second-order valence-electron chi connectivity index (χ2n) is 14.8. The van der Waals surface area contributed by atoms with E-state index in [0.717, 1.165) is 81.4 Å². The number of ether oxygens (including phenoxy) is 1. The normalized spacial score (nSPS) is 15.9. The average Bonchev–Trinajstić information content (AvgIpc) is 3.23. The summed E-state index contributed by atoms with van der Waals surface area (Å²) < 4.78 is 7.44. The van der Waals surface area contributed by atoms with Crippen LogP contribution in [0, 0.1) is 25.7 Å². The average molecular weight is 759 g/mol. The van der Waals surface area contributed by atoms with Crippen molar-refractivity contribution in [1.29, 1.82) is 0 Å². The number of rotatable bonds is 7. The molecule has 1 unspecified atom stereocenters. The van der Waals surface area contributed by atoms with Crippen molar-refractivity contribution in [3.63, 3.8) is 0 Å². The van der Waals surface area contributed by atoms with E-state index in [9.17, 15) is 19.2 Å².